The molecular weight excluding hydrogens is 286 g/mol. The highest BCUT2D eigenvalue weighted by Crippen LogP contribution is 2.21. The van der Waals surface area contributed by atoms with Crippen molar-refractivity contribution in [3.63, 3.8) is 0 Å². The third-order valence-electron chi connectivity index (χ3n) is 2.76. The second-order valence-corrected chi connectivity index (χ2v) is 7.03. The lowest BCUT2D eigenvalue weighted by atomic mass is 10.2. The number of nitrogens with two attached hydrogens (primary N) is 1. The molecule has 2 N–H and O–H groups in total. The summed E-state index contributed by atoms with van der Waals surface area (Å²) >= 11 is 3.36. The minimum atomic E-state index is -0.858. The Labute approximate surface area is 108 Å². The summed E-state index contributed by atoms with van der Waals surface area (Å²) in [5, 5.41) is 0.197. The first-order valence-electron chi connectivity index (χ1n) is 5.33. The fourth-order valence-electron chi connectivity index (χ4n) is 1.29. The molecule has 0 radical (unpaired) electrons. The van der Waals surface area contributed by atoms with Gasteiger partial charge in [-0.25, -0.2) is 0 Å². The molecule has 0 aromatic heterocycles. The molecule has 90 valence electrons. The zero-order valence-electron chi connectivity index (χ0n) is 9.87. The van der Waals surface area contributed by atoms with Crippen molar-refractivity contribution in [2.45, 2.75) is 31.8 Å². The lowest BCUT2D eigenvalue weighted by Gasteiger charge is -2.15. The molecule has 0 aliphatic rings. The van der Waals surface area contributed by atoms with Gasteiger partial charge in [0.2, 0.25) is 0 Å². The molecule has 2 nitrogen and oxygen atoms in total. The van der Waals surface area contributed by atoms with E-state index in [2.05, 4.69) is 29.8 Å². The van der Waals surface area contributed by atoms with Crippen molar-refractivity contribution in [2.75, 3.05) is 5.73 Å². The molecule has 2 atom stereocenters. The Morgan fingerprint density at radius 2 is 2.00 bits per heavy atom. The van der Waals surface area contributed by atoms with Gasteiger partial charge in [-0.15, -0.1) is 0 Å². The lowest BCUT2D eigenvalue weighted by Crippen LogP contribution is -2.19. The third kappa shape index (κ3) is 3.59. The van der Waals surface area contributed by atoms with Gasteiger partial charge in [-0.3, -0.25) is 4.21 Å². The molecule has 0 aliphatic heterocycles. The standard InChI is InChI=1S/C12H18BrNOS/c1-8(2)9(3)16(15)7-10-4-5-11(13)6-12(10)14/h4-6,8-9H,7,14H2,1-3H3. The molecule has 0 amide bonds. The maximum Gasteiger partial charge on any atom is 0.0508 e. The summed E-state index contributed by atoms with van der Waals surface area (Å²) < 4.78 is 13.0. The van der Waals surface area contributed by atoms with Gasteiger partial charge in [-0.2, -0.15) is 0 Å². The maximum atomic E-state index is 12.0. The zero-order valence-corrected chi connectivity index (χ0v) is 12.3. The van der Waals surface area contributed by atoms with Gasteiger partial charge in [0.05, 0.1) is 5.75 Å². The van der Waals surface area contributed by atoms with Crippen molar-refractivity contribution in [3.8, 4) is 0 Å². The normalized spacial score (nSPS) is 15.1. The van der Waals surface area contributed by atoms with E-state index in [0.717, 1.165) is 10.0 Å². The number of halogens is 1. The van der Waals surface area contributed by atoms with Gasteiger partial charge in [0, 0.05) is 26.2 Å². The molecule has 4 heteroatoms. The quantitative estimate of drug-likeness (QED) is 0.867. The van der Waals surface area contributed by atoms with E-state index < -0.39 is 10.8 Å². The van der Waals surface area contributed by atoms with Crippen LogP contribution in [-0.4, -0.2) is 9.46 Å². The van der Waals surface area contributed by atoms with Crippen LogP contribution in [0.1, 0.15) is 26.3 Å². The van der Waals surface area contributed by atoms with E-state index in [1.807, 2.05) is 25.1 Å². The van der Waals surface area contributed by atoms with Crippen molar-refractivity contribution >= 4 is 32.4 Å². The SMILES string of the molecule is CC(C)C(C)S(=O)Cc1ccc(Br)cc1N. The molecule has 0 spiro atoms. The Kier molecular flexibility index (Phi) is 4.99. The second kappa shape index (κ2) is 5.82. The van der Waals surface area contributed by atoms with E-state index >= 15 is 0 Å². The molecule has 2 unspecified atom stereocenters. The summed E-state index contributed by atoms with van der Waals surface area (Å²) in [6, 6.07) is 5.72. The van der Waals surface area contributed by atoms with E-state index in [-0.39, 0.29) is 5.25 Å². The van der Waals surface area contributed by atoms with Crippen LogP contribution in [-0.2, 0) is 16.6 Å². The first-order chi connectivity index (χ1) is 7.41. The van der Waals surface area contributed by atoms with Crippen LogP contribution in [0.5, 0.6) is 0 Å². The molecule has 0 fully saturated rings. The van der Waals surface area contributed by atoms with Crippen LogP contribution in [0, 0.1) is 5.92 Å². The van der Waals surface area contributed by atoms with Crippen molar-refractivity contribution in [1.29, 1.82) is 0 Å². The molecule has 0 aliphatic carbocycles. The summed E-state index contributed by atoms with van der Waals surface area (Å²) in [5.41, 5.74) is 7.56. The van der Waals surface area contributed by atoms with Crippen LogP contribution in [0.3, 0.4) is 0 Å². The Bertz CT molecular complexity index is 393. The number of anilines is 1. The molecule has 1 rings (SSSR count). The van der Waals surface area contributed by atoms with Crippen molar-refractivity contribution < 1.29 is 4.21 Å². The largest absolute Gasteiger partial charge is 0.398 e. The molecule has 16 heavy (non-hydrogen) atoms. The number of nitrogen functional groups attached to an aromatic ring is 1. The van der Waals surface area contributed by atoms with Gasteiger partial charge < -0.3 is 5.73 Å². The van der Waals surface area contributed by atoms with Crippen molar-refractivity contribution in [1.82, 2.24) is 0 Å². The Morgan fingerprint density at radius 1 is 1.38 bits per heavy atom. The lowest BCUT2D eigenvalue weighted by molar-refractivity contribution is 0.605. The number of benzene rings is 1. The second-order valence-electron chi connectivity index (χ2n) is 4.32. The predicted molar refractivity (Wildman–Crippen MR) is 74.7 cm³/mol. The average Bonchev–Trinajstić information content (AvgIpc) is 2.20. The van der Waals surface area contributed by atoms with Crippen molar-refractivity contribution in [3.05, 3.63) is 28.2 Å². The number of hydrogen-bond acceptors (Lipinski definition) is 2. The molecule has 1 aromatic carbocycles. The molecular formula is C12H18BrNOS. The number of hydrogen-bond donors (Lipinski definition) is 1. The zero-order chi connectivity index (χ0) is 12.3. The average molecular weight is 304 g/mol. The first kappa shape index (κ1) is 13.7. The van der Waals surface area contributed by atoms with Crippen molar-refractivity contribution in [2.24, 2.45) is 5.92 Å². The van der Waals surface area contributed by atoms with Crippen LogP contribution < -0.4 is 5.73 Å². The van der Waals surface area contributed by atoms with E-state index in [1.54, 1.807) is 0 Å². The van der Waals surface area contributed by atoms with E-state index in [0.29, 0.717) is 17.4 Å². The highest BCUT2D eigenvalue weighted by molar-refractivity contribution is 9.10. The summed E-state index contributed by atoms with van der Waals surface area (Å²) in [6.45, 7) is 6.21. The van der Waals surface area contributed by atoms with Gasteiger partial charge in [0.15, 0.2) is 0 Å². The smallest absolute Gasteiger partial charge is 0.0508 e. The number of rotatable bonds is 4. The van der Waals surface area contributed by atoms with Crippen LogP contribution in [0.2, 0.25) is 0 Å². The van der Waals surface area contributed by atoms with E-state index in [1.165, 1.54) is 0 Å². The minimum absolute atomic E-state index is 0.197. The highest BCUT2D eigenvalue weighted by atomic mass is 79.9. The topological polar surface area (TPSA) is 43.1 Å². The minimum Gasteiger partial charge on any atom is -0.398 e. The molecule has 1 aromatic rings. The van der Waals surface area contributed by atoms with Gasteiger partial charge >= 0.3 is 0 Å². The molecule has 0 saturated carbocycles. The fraction of sp³-hybridized carbons (Fsp3) is 0.500. The van der Waals surface area contributed by atoms with Crippen LogP contribution in [0.4, 0.5) is 5.69 Å². The highest BCUT2D eigenvalue weighted by Gasteiger charge is 2.16. The third-order valence-corrected chi connectivity index (χ3v) is 5.22. The van der Waals surface area contributed by atoms with Gasteiger partial charge in [-0.05, 0) is 23.6 Å². The summed E-state index contributed by atoms with van der Waals surface area (Å²) in [7, 11) is -0.858. The monoisotopic (exact) mass is 303 g/mol. The van der Waals surface area contributed by atoms with Gasteiger partial charge in [0.25, 0.3) is 0 Å². The predicted octanol–water partition coefficient (Wildman–Crippen LogP) is 3.32. The van der Waals surface area contributed by atoms with E-state index in [9.17, 15) is 4.21 Å². The van der Waals surface area contributed by atoms with Crippen LogP contribution in [0.25, 0.3) is 0 Å². The summed E-state index contributed by atoms with van der Waals surface area (Å²) in [4.78, 5) is 0. The van der Waals surface area contributed by atoms with E-state index in [4.69, 9.17) is 5.73 Å². The summed E-state index contributed by atoms with van der Waals surface area (Å²) in [5.74, 6) is 0.968. The van der Waals surface area contributed by atoms with Crippen LogP contribution in [0.15, 0.2) is 22.7 Å². The fourth-order valence-corrected chi connectivity index (χ4v) is 3.10. The molecule has 0 saturated heterocycles. The Hall–Kier alpha value is -0.350. The molecule has 0 bridgehead atoms. The Morgan fingerprint density at radius 3 is 2.50 bits per heavy atom. The first-order valence-corrected chi connectivity index (χ1v) is 7.50. The van der Waals surface area contributed by atoms with Gasteiger partial charge in [-0.1, -0.05) is 42.8 Å². The van der Waals surface area contributed by atoms with Crippen LogP contribution >= 0.6 is 15.9 Å². The van der Waals surface area contributed by atoms with Gasteiger partial charge in [0.1, 0.15) is 0 Å². The maximum absolute atomic E-state index is 12.0. The summed E-state index contributed by atoms with van der Waals surface area (Å²) in [6.07, 6.45) is 0. The molecule has 0 heterocycles. The Balaban J connectivity index is 2.77.